The molecule has 0 aliphatic carbocycles. The predicted octanol–water partition coefficient (Wildman–Crippen LogP) is 1.39. The highest BCUT2D eigenvalue weighted by molar-refractivity contribution is 7.85. The summed E-state index contributed by atoms with van der Waals surface area (Å²) in [4.78, 5) is 5.13. The Kier molecular flexibility index (Phi) is 4.52. The Hall–Kier alpha value is -1.62. The van der Waals surface area contributed by atoms with Crippen molar-refractivity contribution in [2.75, 3.05) is 30.7 Å². The average Bonchev–Trinajstić information content (AvgIpc) is 2.90. The predicted molar refractivity (Wildman–Crippen MR) is 76.7 cm³/mol. The summed E-state index contributed by atoms with van der Waals surface area (Å²) >= 11 is 0. The molecule has 18 heavy (non-hydrogen) atoms. The standard InChI is InChI=1S/C13H17N3OS/c1-2-9-18(17)12-6-4-3-5-11(12)16-10-13-14-7-8-15-13/h2-6,16H,1,7-10H2,(H,14,15). The van der Waals surface area contributed by atoms with Crippen molar-refractivity contribution in [3.05, 3.63) is 36.9 Å². The van der Waals surface area contributed by atoms with E-state index >= 15 is 0 Å². The molecule has 1 unspecified atom stereocenters. The lowest BCUT2D eigenvalue weighted by Gasteiger charge is -2.11. The number of benzene rings is 1. The maximum atomic E-state index is 12.0. The van der Waals surface area contributed by atoms with E-state index in [1.165, 1.54) is 0 Å². The summed E-state index contributed by atoms with van der Waals surface area (Å²) in [6.45, 7) is 6.00. The maximum Gasteiger partial charge on any atom is 0.116 e. The van der Waals surface area contributed by atoms with E-state index in [0.717, 1.165) is 29.5 Å². The summed E-state index contributed by atoms with van der Waals surface area (Å²) in [5.41, 5.74) is 0.897. The fourth-order valence-electron chi connectivity index (χ4n) is 1.75. The molecule has 0 spiro atoms. The molecule has 5 heteroatoms. The van der Waals surface area contributed by atoms with Gasteiger partial charge in [-0.25, -0.2) is 0 Å². The van der Waals surface area contributed by atoms with Crippen molar-refractivity contribution in [2.45, 2.75) is 4.90 Å². The molecule has 0 radical (unpaired) electrons. The van der Waals surface area contributed by atoms with Crippen molar-refractivity contribution < 1.29 is 4.21 Å². The SMILES string of the molecule is C=CCS(=O)c1ccccc1NCC1=NCCN1. The molecule has 2 rings (SSSR count). The second-order valence-electron chi connectivity index (χ2n) is 3.91. The van der Waals surface area contributed by atoms with E-state index in [0.29, 0.717) is 12.3 Å². The van der Waals surface area contributed by atoms with Crippen molar-refractivity contribution in [1.82, 2.24) is 5.32 Å². The lowest BCUT2D eigenvalue weighted by atomic mass is 10.3. The number of nitrogens with one attached hydrogen (secondary N) is 2. The van der Waals surface area contributed by atoms with E-state index in [9.17, 15) is 4.21 Å². The van der Waals surface area contributed by atoms with E-state index in [2.05, 4.69) is 22.2 Å². The van der Waals surface area contributed by atoms with Gasteiger partial charge in [-0.05, 0) is 12.1 Å². The Labute approximate surface area is 110 Å². The molecule has 2 N–H and O–H groups in total. The van der Waals surface area contributed by atoms with Crippen LogP contribution in [-0.4, -0.2) is 35.4 Å². The highest BCUT2D eigenvalue weighted by Crippen LogP contribution is 2.19. The minimum Gasteiger partial charge on any atom is -0.377 e. The second kappa shape index (κ2) is 6.35. The Morgan fingerprint density at radius 3 is 3.06 bits per heavy atom. The first-order valence-corrected chi connectivity index (χ1v) is 7.22. The van der Waals surface area contributed by atoms with Crippen molar-refractivity contribution in [3.63, 3.8) is 0 Å². The summed E-state index contributed by atoms with van der Waals surface area (Å²) in [7, 11) is -1.04. The smallest absolute Gasteiger partial charge is 0.116 e. The van der Waals surface area contributed by atoms with E-state index < -0.39 is 10.8 Å². The Morgan fingerprint density at radius 1 is 1.50 bits per heavy atom. The van der Waals surface area contributed by atoms with Crippen LogP contribution in [0.1, 0.15) is 0 Å². The summed E-state index contributed by atoms with van der Waals surface area (Å²) in [6.07, 6.45) is 1.68. The highest BCUT2D eigenvalue weighted by Gasteiger charge is 2.09. The molecule has 0 amide bonds. The molecule has 0 aromatic heterocycles. The molecule has 96 valence electrons. The third-order valence-corrected chi connectivity index (χ3v) is 3.98. The molecule has 1 aliphatic heterocycles. The fourth-order valence-corrected chi connectivity index (χ4v) is 2.76. The van der Waals surface area contributed by atoms with Gasteiger partial charge in [0.25, 0.3) is 0 Å². The third-order valence-electron chi connectivity index (χ3n) is 2.59. The quantitative estimate of drug-likeness (QED) is 0.763. The topological polar surface area (TPSA) is 53.5 Å². The Bertz CT molecular complexity index is 485. The van der Waals surface area contributed by atoms with Crippen LogP contribution in [-0.2, 0) is 10.8 Å². The van der Waals surface area contributed by atoms with Gasteiger partial charge in [0.1, 0.15) is 5.84 Å². The Balaban J connectivity index is 2.06. The zero-order valence-corrected chi connectivity index (χ0v) is 11.0. The zero-order chi connectivity index (χ0) is 12.8. The largest absolute Gasteiger partial charge is 0.377 e. The number of anilines is 1. The number of para-hydroxylation sites is 1. The number of rotatable bonds is 6. The Morgan fingerprint density at radius 2 is 2.33 bits per heavy atom. The van der Waals surface area contributed by atoms with Crippen LogP contribution in [0.4, 0.5) is 5.69 Å². The molecular weight excluding hydrogens is 246 g/mol. The molecule has 0 saturated carbocycles. The normalized spacial score (nSPS) is 15.7. The van der Waals surface area contributed by atoms with Crippen LogP contribution in [0.5, 0.6) is 0 Å². The third kappa shape index (κ3) is 3.20. The van der Waals surface area contributed by atoms with Gasteiger partial charge >= 0.3 is 0 Å². The number of hydrogen-bond donors (Lipinski definition) is 2. The maximum absolute atomic E-state index is 12.0. The van der Waals surface area contributed by atoms with Gasteiger partial charge in [0.05, 0.1) is 34.5 Å². The highest BCUT2D eigenvalue weighted by atomic mass is 32.2. The van der Waals surface area contributed by atoms with E-state index in [4.69, 9.17) is 0 Å². The lowest BCUT2D eigenvalue weighted by molar-refractivity contribution is 0.685. The van der Waals surface area contributed by atoms with Gasteiger partial charge in [0.15, 0.2) is 0 Å². The molecule has 0 fully saturated rings. The molecule has 1 heterocycles. The minimum atomic E-state index is -1.04. The molecular formula is C13H17N3OS. The molecule has 1 aromatic rings. The summed E-state index contributed by atoms with van der Waals surface area (Å²) < 4.78 is 12.0. The van der Waals surface area contributed by atoms with Crippen LogP contribution in [0.2, 0.25) is 0 Å². The first-order valence-electron chi connectivity index (χ1n) is 5.90. The van der Waals surface area contributed by atoms with Gasteiger partial charge in [0, 0.05) is 12.3 Å². The zero-order valence-electron chi connectivity index (χ0n) is 10.2. The minimum absolute atomic E-state index is 0.470. The lowest BCUT2D eigenvalue weighted by Crippen LogP contribution is -2.26. The summed E-state index contributed by atoms with van der Waals surface area (Å²) in [5, 5.41) is 6.47. The van der Waals surface area contributed by atoms with Crippen LogP contribution >= 0.6 is 0 Å². The van der Waals surface area contributed by atoms with Gasteiger partial charge in [0.2, 0.25) is 0 Å². The number of hydrogen-bond acceptors (Lipinski definition) is 4. The van der Waals surface area contributed by atoms with Crippen LogP contribution < -0.4 is 10.6 Å². The molecule has 0 saturated heterocycles. The van der Waals surface area contributed by atoms with Gasteiger partial charge in [-0.2, -0.15) is 0 Å². The van der Waals surface area contributed by atoms with Crippen molar-refractivity contribution >= 4 is 22.3 Å². The van der Waals surface area contributed by atoms with Gasteiger partial charge in [-0.3, -0.25) is 9.20 Å². The fraction of sp³-hybridized carbons (Fsp3) is 0.308. The molecule has 1 aromatic carbocycles. The second-order valence-corrected chi connectivity index (χ2v) is 5.37. The van der Waals surface area contributed by atoms with Crippen molar-refractivity contribution in [1.29, 1.82) is 0 Å². The first kappa shape index (κ1) is 12.8. The van der Waals surface area contributed by atoms with Crippen LogP contribution in [0.15, 0.2) is 46.8 Å². The number of aliphatic imine (C=N–C) groups is 1. The van der Waals surface area contributed by atoms with Crippen molar-refractivity contribution in [2.24, 2.45) is 4.99 Å². The monoisotopic (exact) mass is 263 g/mol. The van der Waals surface area contributed by atoms with E-state index in [1.54, 1.807) is 6.08 Å². The van der Waals surface area contributed by atoms with E-state index in [-0.39, 0.29) is 0 Å². The summed E-state index contributed by atoms with van der Waals surface area (Å²) in [5.74, 6) is 1.43. The molecule has 1 aliphatic rings. The number of amidine groups is 1. The van der Waals surface area contributed by atoms with Gasteiger partial charge in [-0.1, -0.05) is 18.2 Å². The number of nitrogens with zero attached hydrogens (tertiary/aromatic N) is 1. The molecule has 4 nitrogen and oxygen atoms in total. The first-order chi connectivity index (χ1) is 8.81. The van der Waals surface area contributed by atoms with E-state index in [1.807, 2.05) is 24.3 Å². The van der Waals surface area contributed by atoms with Gasteiger partial charge < -0.3 is 10.6 Å². The van der Waals surface area contributed by atoms with Crippen molar-refractivity contribution in [3.8, 4) is 0 Å². The summed E-state index contributed by atoms with van der Waals surface area (Å²) in [6, 6.07) is 7.64. The van der Waals surface area contributed by atoms with Crippen LogP contribution in [0.25, 0.3) is 0 Å². The van der Waals surface area contributed by atoms with Crippen LogP contribution in [0.3, 0.4) is 0 Å². The average molecular weight is 263 g/mol. The van der Waals surface area contributed by atoms with Gasteiger partial charge in [-0.15, -0.1) is 6.58 Å². The molecule has 1 atom stereocenters. The van der Waals surface area contributed by atoms with Crippen LogP contribution in [0, 0.1) is 0 Å². The molecule has 0 bridgehead atoms.